The molecule has 1 amide bonds. The summed E-state index contributed by atoms with van der Waals surface area (Å²) in [6, 6.07) is 16.2. The minimum absolute atomic E-state index is 0.00482. The van der Waals surface area contributed by atoms with Crippen LogP contribution in [-0.4, -0.2) is 36.6 Å². The number of imidazole rings is 2. The first-order chi connectivity index (χ1) is 17.9. The van der Waals surface area contributed by atoms with E-state index in [0.29, 0.717) is 5.56 Å². The van der Waals surface area contributed by atoms with Crippen molar-refractivity contribution in [1.82, 2.24) is 29.0 Å². The highest BCUT2D eigenvalue weighted by molar-refractivity contribution is 7.13. The van der Waals surface area contributed by atoms with Crippen molar-refractivity contribution in [2.24, 2.45) is 14.1 Å². The first-order valence-corrected chi connectivity index (χ1v) is 12.3. The number of nitrogens with one attached hydrogen (secondary N) is 1. The lowest BCUT2D eigenvalue weighted by molar-refractivity contribution is 0.0959. The lowest BCUT2D eigenvalue weighted by Gasteiger charge is -2.10. The molecule has 10 heteroatoms. The number of benzene rings is 3. The number of hydrogen-bond acceptors (Lipinski definition) is 5. The van der Waals surface area contributed by atoms with Gasteiger partial charge in [0.25, 0.3) is 5.91 Å². The number of thiazole rings is 1. The minimum atomic E-state index is -0.588. The zero-order valence-corrected chi connectivity index (χ0v) is 21.0. The second-order valence-corrected chi connectivity index (χ2v) is 9.57. The molecule has 0 radical (unpaired) electrons. The molecule has 0 atom stereocenters. The lowest BCUT2D eigenvalue weighted by atomic mass is 10.0. The molecular formula is C27H21FN6O2S. The van der Waals surface area contributed by atoms with Crippen LogP contribution in [0.1, 0.15) is 10.4 Å². The maximum atomic E-state index is 14.6. The van der Waals surface area contributed by atoms with Gasteiger partial charge in [-0.15, -0.1) is 11.3 Å². The van der Waals surface area contributed by atoms with E-state index < -0.39 is 11.7 Å². The van der Waals surface area contributed by atoms with Gasteiger partial charge >= 0.3 is 5.69 Å². The van der Waals surface area contributed by atoms with Gasteiger partial charge in [0.1, 0.15) is 5.82 Å². The van der Waals surface area contributed by atoms with Crippen LogP contribution in [0.3, 0.4) is 0 Å². The first-order valence-electron chi connectivity index (χ1n) is 11.5. The van der Waals surface area contributed by atoms with Crippen molar-refractivity contribution >= 4 is 39.3 Å². The van der Waals surface area contributed by atoms with Gasteiger partial charge in [-0.2, -0.15) is 0 Å². The SMILES string of the molecule is CNC(=O)c1ccc(-c2ccc3c(c2)nc(-c2cncs2)n3-c2ccc3c(c2)n(C)c(=O)n3C)cc1F. The molecule has 0 aliphatic carbocycles. The van der Waals surface area contributed by atoms with Crippen molar-refractivity contribution in [2.75, 3.05) is 7.05 Å². The van der Waals surface area contributed by atoms with Crippen molar-refractivity contribution in [3.05, 3.63) is 88.2 Å². The van der Waals surface area contributed by atoms with Crippen LogP contribution in [0.15, 0.2) is 71.1 Å². The average Bonchev–Trinajstić information content (AvgIpc) is 3.62. The number of rotatable bonds is 4. The highest BCUT2D eigenvalue weighted by Gasteiger charge is 2.19. The second kappa shape index (κ2) is 8.52. The molecule has 0 aliphatic rings. The Labute approximate surface area is 214 Å². The Morgan fingerprint density at radius 2 is 1.68 bits per heavy atom. The third-order valence-electron chi connectivity index (χ3n) is 6.60. The Morgan fingerprint density at radius 3 is 2.41 bits per heavy atom. The highest BCUT2D eigenvalue weighted by Crippen LogP contribution is 2.34. The molecule has 3 heterocycles. The van der Waals surface area contributed by atoms with Gasteiger partial charge in [0, 0.05) is 33.0 Å². The van der Waals surface area contributed by atoms with Crippen LogP contribution in [0.2, 0.25) is 0 Å². The minimum Gasteiger partial charge on any atom is -0.355 e. The Kier molecular flexibility index (Phi) is 5.27. The normalized spacial score (nSPS) is 11.5. The van der Waals surface area contributed by atoms with Crippen LogP contribution in [0, 0.1) is 5.82 Å². The molecule has 0 spiro atoms. The van der Waals surface area contributed by atoms with Crippen LogP contribution < -0.4 is 11.0 Å². The molecule has 6 aromatic rings. The molecule has 0 fully saturated rings. The maximum absolute atomic E-state index is 14.6. The fraction of sp³-hybridized carbons (Fsp3) is 0.111. The number of hydrogen-bond donors (Lipinski definition) is 1. The number of carbonyl (C=O) groups excluding carboxylic acids is 1. The van der Waals surface area contributed by atoms with E-state index in [1.54, 1.807) is 41.0 Å². The summed E-state index contributed by atoms with van der Waals surface area (Å²) in [6.07, 6.45) is 1.77. The van der Waals surface area contributed by atoms with Gasteiger partial charge in [-0.3, -0.25) is 23.5 Å². The summed E-state index contributed by atoms with van der Waals surface area (Å²) in [5.74, 6) is -0.342. The summed E-state index contributed by atoms with van der Waals surface area (Å²) in [5.41, 5.74) is 7.15. The number of carbonyl (C=O) groups is 1. The third-order valence-corrected chi connectivity index (χ3v) is 7.36. The Morgan fingerprint density at radius 1 is 0.946 bits per heavy atom. The quantitative estimate of drug-likeness (QED) is 0.377. The lowest BCUT2D eigenvalue weighted by Crippen LogP contribution is -2.19. The predicted molar refractivity (Wildman–Crippen MR) is 143 cm³/mol. The maximum Gasteiger partial charge on any atom is 0.328 e. The van der Waals surface area contributed by atoms with Crippen molar-refractivity contribution in [3.63, 3.8) is 0 Å². The largest absolute Gasteiger partial charge is 0.355 e. The summed E-state index contributed by atoms with van der Waals surface area (Å²) in [6.45, 7) is 0. The number of fused-ring (bicyclic) bond motifs is 2. The van der Waals surface area contributed by atoms with Crippen molar-refractivity contribution < 1.29 is 9.18 Å². The molecular weight excluding hydrogens is 491 g/mol. The van der Waals surface area contributed by atoms with Crippen LogP contribution in [0.4, 0.5) is 4.39 Å². The van der Waals surface area contributed by atoms with Gasteiger partial charge in [0.05, 0.1) is 38.0 Å². The van der Waals surface area contributed by atoms with Crippen molar-refractivity contribution in [3.8, 4) is 27.5 Å². The van der Waals surface area contributed by atoms with Crippen molar-refractivity contribution in [1.29, 1.82) is 0 Å². The highest BCUT2D eigenvalue weighted by atomic mass is 32.1. The summed E-state index contributed by atoms with van der Waals surface area (Å²) >= 11 is 1.48. The zero-order valence-electron chi connectivity index (χ0n) is 20.2. The summed E-state index contributed by atoms with van der Waals surface area (Å²) in [7, 11) is 4.98. The summed E-state index contributed by atoms with van der Waals surface area (Å²) in [5, 5.41) is 2.45. The standard InChI is InChI=1S/C27H21FN6O2S/c1-29-26(35)18-7-4-15(10-19(18)28)16-5-8-21-20(11-16)31-25(24-13-30-14-37-24)34(21)17-6-9-22-23(12-17)33(3)27(36)32(22)2/h4-14H,1-3H3,(H,29,35). The van der Waals surface area contributed by atoms with Crippen molar-refractivity contribution in [2.45, 2.75) is 0 Å². The van der Waals surface area contributed by atoms with E-state index in [1.165, 1.54) is 30.5 Å². The molecule has 8 nitrogen and oxygen atoms in total. The van der Waals surface area contributed by atoms with Gasteiger partial charge < -0.3 is 5.32 Å². The van der Waals surface area contributed by atoms with Crippen LogP contribution >= 0.6 is 11.3 Å². The first kappa shape index (κ1) is 22.9. The van der Waals surface area contributed by atoms with E-state index in [1.807, 2.05) is 41.0 Å². The average molecular weight is 513 g/mol. The van der Waals surface area contributed by atoms with Crippen LogP contribution in [0.5, 0.6) is 0 Å². The van der Waals surface area contributed by atoms with E-state index >= 15 is 0 Å². The molecule has 184 valence electrons. The monoisotopic (exact) mass is 512 g/mol. The number of aromatic nitrogens is 5. The number of amides is 1. The van der Waals surface area contributed by atoms with E-state index in [2.05, 4.69) is 10.3 Å². The van der Waals surface area contributed by atoms with Gasteiger partial charge in [0.2, 0.25) is 0 Å². The van der Waals surface area contributed by atoms with E-state index in [-0.39, 0.29) is 11.3 Å². The van der Waals surface area contributed by atoms with Crippen LogP contribution in [0.25, 0.3) is 49.6 Å². The number of aryl methyl sites for hydroxylation is 2. The molecule has 3 aromatic carbocycles. The van der Waals surface area contributed by atoms with E-state index in [0.717, 1.165) is 44.0 Å². The van der Waals surface area contributed by atoms with Gasteiger partial charge in [0.15, 0.2) is 5.82 Å². The molecule has 37 heavy (non-hydrogen) atoms. The molecule has 6 rings (SSSR count). The number of halogens is 1. The molecule has 3 aromatic heterocycles. The van der Waals surface area contributed by atoms with Gasteiger partial charge in [-0.05, 0) is 53.6 Å². The fourth-order valence-electron chi connectivity index (χ4n) is 4.66. The van der Waals surface area contributed by atoms with E-state index in [9.17, 15) is 14.0 Å². The van der Waals surface area contributed by atoms with Gasteiger partial charge in [-0.25, -0.2) is 14.2 Å². The predicted octanol–water partition coefficient (Wildman–Crippen LogP) is 4.51. The number of nitrogens with zero attached hydrogens (tertiary/aromatic N) is 5. The smallest absolute Gasteiger partial charge is 0.328 e. The molecule has 0 unspecified atom stereocenters. The molecule has 0 saturated heterocycles. The fourth-order valence-corrected chi connectivity index (χ4v) is 5.26. The topological polar surface area (TPSA) is 86.7 Å². The zero-order chi connectivity index (χ0) is 25.8. The molecule has 0 saturated carbocycles. The third kappa shape index (κ3) is 3.56. The Balaban J connectivity index is 1.54. The van der Waals surface area contributed by atoms with E-state index in [4.69, 9.17) is 4.98 Å². The molecule has 1 N–H and O–H groups in total. The second-order valence-electron chi connectivity index (χ2n) is 8.69. The molecule has 0 aliphatic heterocycles. The summed E-state index contributed by atoms with van der Waals surface area (Å²) < 4.78 is 19.9. The summed E-state index contributed by atoms with van der Waals surface area (Å²) in [4.78, 5) is 34.4. The Hall–Kier alpha value is -4.57. The molecule has 0 bridgehead atoms. The van der Waals surface area contributed by atoms with Crippen LogP contribution in [-0.2, 0) is 14.1 Å². The van der Waals surface area contributed by atoms with Gasteiger partial charge in [-0.1, -0.05) is 12.1 Å². The Bertz CT molecular complexity index is 1900.